The molecule has 1 unspecified atom stereocenters. The van der Waals surface area contributed by atoms with E-state index in [9.17, 15) is 4.79 Å². The zero-order chi connectivity index (χ0) is 17.2. The third-order valence-corrected chi connectivity index (χ3v) is 5.16. The molecule has 0 spiro atoms. The minimum absolute atomic E-state index is 0.0229. The first kappa shape index (κ1) is 15.4. The third-order valence-electron chi connectivity index (χ3n) is 4.13. The van der Waals surface area contributed by atoms with Crippen molar-refractivity contribution < 1.29 is 4.79 Å². The van der Waals surface area contributed by atoms with E-state index in [-0.39, 0.29) is 11.8 Å². The Bertz CT molecular complexity index is 944. The lowest BCUT2D eigenvalue weighted by molar-refractivity contribution is 0.104. The van der Waals surface area contributed by atoms with Crippen LogP contribution in [0.15, 0.2) is 30.5 Å². The molecule has 1 saturated heterocycles. The second-order valence-corrected chi connectivity index (χ2v) is 6.66. The van der Waals surface area contributed by atoms with Gasteiger partial charge in [0.1, 0.15) is 0 Å². The van der Waals surface area contributed by atoms with Crippen LogP contribution in [0.4, 0.5) is 5.13 Å². The van der Waals surface area contributed by atoms with Crippen LogP contribution in [0, 0.1) is 11.3 Å². The van der Waals surface area contributed by atoms with Crippen LogP contribution < -0.4 is 4.90 Å². The van der Waals surface area contributed by atoms with Gasteiger partial charge in [0.2, 0.25) is 5.78 Å². The molecule has 1 aromatic carbocycles. The lowest BCUT2D eigenvalue weighted by Crippen LogP contribution is -2.23. The molecule has 2 aromatic heterocycles. The Kier molecular flexibility index (Phi) is 3.95. The monoisotopic (exact) mass is 351 g/mol. The van der Waals surface area contributed by atoms with Crippen LogP contribution in [0.25, 0.3) is 0 Å². The summed E-state index contributed by atoms with van der Waals surface area (Å²) in [5.74, 6) is 0.512. The van der Waals surface area contributed by atoms with E-state index in [1.54, 1.807) is 30.5 Å². The number of hydrogen-bond acceptors (Lipinski definition) is 8. The second-order valence-electron chi connectivity index (χ2n) is 5.65. The lowest BCUT2D eigenvalue weighted by Gasteiger charge is -2.20. The van der Waals surface area contributed by atoms with Crippen LogP contribution in [0.5, 0.6) is 0 Å². The van der Waals surface area contributed by atoms with Gasteiger partial charge < -0.3 is 4.90 Å². The number of thiazole rings is 1. The van der Waals surface area contributed by atoms with Gasteiger partial charge in [-0.3, -0.25) is 4.79 Å². The van der Waals surface area contributed by atoms with Gasteiger partial charge in [-0.2, -0.15) is 10.5 Å². The molecule has 1 aliphatic rings. The molecule has 0 amide bonds. The van der Waals surface area contributed by atoms with Gasteiger partial charge >= 0.3 is 0 Å². The molecule has 1 N–H and O–H groups in total. The van der Waals surface area contributed by atoms with Crippen LogP contribution in [-0.4, -0.2) is 37.9 Å². The maximum Gasteiger partial charge on any atom is 0.204 e. The quantitative estimate of drug-likeness (QED) is 0.716. The SMILES string of the molecule is N#Cc1cccc(C(=O)c2cnc(N3CCCC3c3nn[nH]n3)s2)c1. The molecule has 124 valence electrons. The average Bonchev–Trinajstić information content (AvgIpc) is 3.40. The van der Waals surface area contributed by atoms with Crippen LogP contribution >= 0.6 is 11.3 Å². The molecule has 0 aliphatic carbocycles. The fraction of sp³-hybridized carbons (Fsp3) is 0.250. The fourth-order valence-electron chi connectivity index (χ4n) is 2.95. The summed E-state index contributed by atoms with van der Waals surface area (Å²) in [4.78, 5) is 19.7. The number of aromatic amines is 1. The van der Waals surface area contributed by atoms with Gasteiger partial charge in [0.05, 0.1) is 28.7 Å². The Balaban J connectivity index is 1.59. The number of anilines is 1. The number of H-pyrrole nitrogens is 1. The zero-order valence-electron chi connectivity index (χ0n) is 13.1. The van der Waals surface area contributed by atoms with Crippen LogP contribution in [-0.2, 0) is 0 Å². The summed E-state index contributed by atoms with van der Waals surface area (Å²) >= 11 is 1.34. The molecule has 0 saturated carbocycles. The van der Waals surface area contributed by atoms with E-state index in [4.69, 9.17) is 5.26 Å². The van der Waals surface area contributed by atoms with E-state index in [0.29, 0.717) is 21.8 Å². The molecule has 1 fully saturated rings. The first-order valence-corrected chi connectivity index (χ1v) is 8.58. The number of ketones is 1. The smallest absolute Gasteiger partial charge is 0.204 e. The molecule has 1 atom stereocenters. The highest BCUT2D eigenvalue weighted by molar-refractivity contribution is 7.17. The predicted molar refractivity (Wildman–Crippen MR) is 90.2 cm³/mol. The number of tetrazole rings is 1. The standard InChI is InChI=1S/C16H13N7OS/c17-8-10-3-1-4-11(7-10)14(24)13-9-18-16(25-13)23-6-2-5-12(23)15-19-21-22-20-15/h1,3-4,7,9,12H,2,5-6H2,(H,19,20,21,22). The maximum absolute atomic E-state index is 12.7. The first-order valence-electron chi connectivity index (χ1n) is 7.77. The van der Waals surface area contributed by atoms with Crippen molar-refractivity contribution >= 4 is 22.3 Å². The van der Waals surface area contributed by atoms with Gasteiger partial charge in [0, 0.05) is 12.1 Å². The van der Waals surface area contributed by atoms with E-state index in [2.05, 4.69) is 30.5 Å². The predicted octanol–water partition coefficient (Wildman–Crippen LogP) is 2.10. The molecule has 25 heavy (non-hydrogen) atoms. The summed E-state index contributed by atoms with van der Waals surface area (Å²) < 4.78 is 0. The minimum Gasteiger partial charge on any atom is -0.338 e. The van der Waals surface area contributed by atoms with Crippen molar-refractivity contribution in [2.45, 2.75) is 18.9 Å². The number of nitriles is 1. The summed E-state index contributed by atoms with van der Waals surface area (Å²) in [7, 11) is 0. The number of nitrogens with one attached hydrogen (secondary N) is 1. The van der Waals surface area contributed by atoms with Gasteiger partial charge in [0.15, 0.2) is 11.0 Å². The van der Waals surface area contributed by atoms with E-state index < -0.39 is 0 Å². The summed E-state index contributed by atoms with van der Waals surface area (Å²) in [6, 6.07) is 8.76. The highest BCUT2D eigenvalue weighted by atomic mass is 32.1. The van der Waals surface area contributed by atoms with E-state index in [1.807, 2.05) is 6.07 Å². The van der Waals surface area contributed by atoms with Crippen LogP contribution in [0.3, 0.4) is 0 Å². The molecular formula is C16H13N7OS. The molecule has 0 bridgehead atoms. The van der Waals surface area contributed by atoms with Crippen LogP contribution in [0.1, 0.15) is 45.5 Å². The molecule has 1 aliphatic heterocycles. The number of hydrogen-bond donors (Lipinski definition) is 1. The Hall–Kier alpha value is -3.12. The summed E-state index contributed by atoms with van der Waals surface area (Å²) in [5.41, 5.74) is 0.956. The van der Waals surface area contributed by atoms with Crippen molar-refractivity contribution in [1.29, 1.82) is 5.26 Å². The highest BCUT2D eigenvalue weighted by Crippen LogP contribution is 2.36. The average molecular weight is 351 g/mol. The molecule has 3 heterocycles. The number of benzene rings is 1. The zero-order valence-corrected chi connectivity index (χ0v) is 13.9. The summed E-state index contributed by atoms with van der Waals surface area (Å²) in [6.45, 7) is 0.838. The molecule has 9 heteroatoms. The Labute approximate surface area is 147 Å². The number of nitrogens with zero attached hydrogens (tertiary/aromatic N) is 6. The number of carbonyl (C=O) groups is 1. The fourth-order valence-corrected chi connectivity index (χ4v) is 3.90. The Morgan fingerprint density at radius 2 is 2.36 bits per heavy atom. The van der Waals surface area contributed by atoms with Gasteiger partial charge in [-0.25, -0.2) is 4.98 Å². The van der Waals surface area contributed by atoms with E-state index in [0.717, 1.165) is 24.5 Å². The van der Waals surface area contributed by atoms with E-state index >= 15 is 0 Å². The maximum atomic E-state index is 12.7. The Morgan fingerprint density at radius 1 is 1.44 bits per heavy atom. The third kappa shape index (κ3) is 2.88. The normalized spacial score (nSPS) is 16.8. The minimum atomic E-state index is -0.129. The van der Waals surface area contributed by atoms with Crippen molar-refractivity contribution in [1.82, 2.24) is 25.6 Å². The van der Waals surface area contributed by atoms with Crippen molar-refractivity contribution in [3.63, 3.8) is 0 Å². The van der Waals surface area contributed by atoms with Crippen molar-refractivity contribution in [2.75, 3.05) is 11.4 Å². The molecule has 4 rings (SSSR count). The molecule has 8 nitrogen and oxygen atoms in total. The molecule has 3 aromatic rings. The molecule has 0 radical (unpaired) electrons. The van der Waals surface area contributed by atoms with Gasteiger partial charge in [-0.05, 0) is 25.0 Å². The summed E-state index contributed by atoms with van der Waals surface area (Å²) in [6.07, 6.45) is 3.52. The first-order chi connectivity index (χ1) is 12.3. The van der Waals surface area contributed by atoms with E-state index in [1.165, 1.54) is 11.3 Å². The highest BCUT2D eigenvalue weighted by Gasteiger charge is 2.31. The van der Waals surface area contributed by atoms with Gasteiger partial charge in [-0.1, -0.05) is 28.7 Å². The lowest BCUT2D eigenvalue weighted by atomic mass is 10.1. The van der Waals surface area contributed by atoms with Crippen molar-refractivity contribution in [2.24, 2.45) is 0 Å². The second kappa shape index (κ2) is 6.41. The molecular weight excluding hydrogens is 338 g/mol. The number of rotatable bonds is 4. The van der Waals surface area contributed by atoms with Gasteiger partial charge in [0.25, 0.3) is 0 Å². The number of carbonyl (C=O) groups excluding carboxylic acids is 1. The topological polar surface area (TPSA) is 111 Å². The van der Waals surface area contributed by atoms with Crippen molar-refractivity contribution in [3.8, 4) is 6.07 Å². The largest absolute Gasteiger partial charge is 0.338 e. The van der Waals surface area contributed by atoms with Gasteiger partial charge in [-0.15, -0.1) is 10.2 Å². The van der Waals surface area contributed by atoms with Crippen molar-refractivity contribution in [3.05, 3.63) is 52.3 Å². The Morgan fingerprint density at radius 3 is 3.16 bits per heavy atom. The number of aromatic nitrogens is 5. The summed E-state index contributed by atoms with van der Waals surface area (Å²) in [5, 5.41) is 24.0. The van der Waals surface area contributed by atoms with Crippen LogP contribution in [0.2, 0.25) is 0 Å².